The molecule has 5 heterocycles. The fourth-order valence-electron chi connectivity index (χ4n) is 4.37. The highest BCUT2D eigenvalue weighted by atomic mass is 32.1. The summed E-state index contributed by atoms with van der Waals surface area (Å²) in [6, 6.07) is 3.87. The molecule has 0 bridgehead atoms. The first-order valence-electron chi connectivity index (χ1n) is 10.3. The Kier molecular flexibility index (Phi) is 5.22. The van der Waals surface area contributed by atoms with Crippen LogP contribution < -0.4 is 10.2 Å². The second-order valence-electron chi connectivity index (χ2n) is 8.05. The molecule has 0 spiro atoms. The predicted molar refractivity (Wildman–Crippen MR) is 115 cm³/mol. The second-order valence-corrected chi connectivity index (χ2v) is 8.77. The van der Waals surface area contributed by atoms with Crippen molar-refractivity contribution in [2.75, 3.05) is 24.5 Å². The number of nitrogens with zero attached hydrogens (tertiary/aromatic N) is 5. The van der Waals surface area contributed by atoms with Crippen molar-refractivity contribution in [1.29, 1.82) is 0 Å². The van der Waals surface area contributed by atoms with Crippen LogP contribution in [0, 0.1) is 5.92 Å². The fourth-order valence-corrected chi connectivity index (χ4v) is 4.92. The van der Waals surface area contributed by atoms with Gasteiger partial charge in [-0.2, -0.15) is 5.10 Å². The van der Waals surface area contributed by atoms with Crippen molar-refractivity contribution < 1.29 is 9.59 Å². The Morgan fingerprint density at radius 3 is 2.83 bits per heavy atom. The molecule has 3 aromatic rings. The van der Waals surface area contributed by atoms with Gasteiger partial charge in [-0.1, -0.05) is 0 Å². The Morgan fingerprint density at radius 1 is 1.20 bits per heavy atom. The lowest BCUT2D eigenvalue weighted by molar-refractivity contribution is -0.120. The van der Waals surface area contributed by atoms with E-state index in [-0.39, 0.29) is 11.9 Å². The molecule has 2 aliphatic rings. The van der Waals surface area contributed by atoms with Crippen LogP contribution in [0.25, 0.3) is 5.52 Å². The fraction of sp³-hybridized carbons (Fsp3) is 0.429. The van der Waals surface area contributed by atoms with Gasteiger partial charge in [-0.15, -0.1) is 11.3 Å². The van der Waals surface area contributed by atoms with Crippen molar-refractivity contribution in [2.24, 2.45) is 5.92 Å². The lowest BCUT2D eigenvalue weighted by Crippen LogP contribution is -2.49. The number of amides is 3. The van der Waals surface area contributed by atoms with Gasteiger partial charge >= 0.3 is 6.03 Å². The van der Waals surface area contributed by atoms with Crippen LogP contribution in [-0.2, 0) is 17.8 Å². The van der Waals surface area contributed by atoms with Crippen LogP contribution in [0.3, 0.4) is 0 Å². The molecule has 3 amide bonds. The molecule has 0 aromatic carbocycles. The number of likely N-dealkylation sites (tertiary alicyclic amines) is 1. The van der Waals surface area contributed by atoms with Crippen molar-refractivity contribution >= 4 is 34.5 Å². The molecule has 3 aromatic heterocycles. The molecule has 0 unspecified atom stereocenters. The Balaban J connectivity index is 1.25. The summed E-state index contributed by atoms with van der Waals surface area (Å²) < 4.78 is 1.79. The van der Waals surface area contributed by atoms with E-state index < -0.39 is 0 Å². The van der Waals surface area contributed by atoms with Crippen LogP contribution in [-0.4, -0.2) is 51.1 Å². The molecule has 0 radical (unpaired) electrons. The van der Waals surface area contributed by atoms with Crippen molar-refractivity contribution in [3.05, 3.63) is 46.7 Å². The van der Waals surface area contributed by atoms with Gasteiger partial charge in [0.15, 0.2) is 0 Å². The first-order chi connectivity index (χ1) is 14.7. The average molecular weight is 425 g/mol. The zero-order chi connectivity index (χ0) is 20.5. The zero-order valence-corrected chi connectivity index (χ0v) is 17.5. The number of rotatable bonds is 5. The summed E-state index contributed by atoms with van der Waals surface area (Å²) in [5.41, 5.74) is 5.98. The number of pyridine rings is 1. The van der Waals surface area contributed by atoms with E-state index >= 15 is 0 Å². The van der Waals surface area contributed by atoms with E-state index in [9.17, 15) is 9.59 Å². The van der Waals surface area contributed by atoms with E-state index in [1.54, 1.807) is 26.9 Å². The molecule has 2 fully saturated rings. The van der Waals surface area contributed by atoms with E-state index in [1.165, 1.54) is 24.1 Å². The number of thiazole rings is 1. The predicted octanol–water partition coefficient (Wildman–Crippen LogP) is 2.69. The number of hydrogen-bond acceptors (Lipinski definition) is 6. The Labute approximate surface area is 178 Å². The van der Waals surface area contributed by atoms with Crippen LogP contribution in [0.4, 0.5) is 10.5 Å². The summed E-state index contributed by atoms with van der Waals surface area (Å²) in [4.78, 5) is 32.2. The molecule has 0 aliphatic carbocycles. The third kappa shape index (κ3) is 3.95. The third-order valence-corrected chi connectivity index (χ3v) is 6.65. The van der Waals surface area contributed by atoms with Crippen LogP contribution in [0.5, 0.6) is 0 Å². The highest BCUT2D eigenvalue weighted by Gasteiger charge is 2.27. The van der Waals surface area contributed by atoms with Gasteiger partial charge in [0, 0.05) is 31.1 Å². The van der Waals surface area contributed by atoms with Gasteiger partial charge in [0.2, 0.25) is 5.91 Å². The number of imide groups is 1. The largest absolute Gasteiger partial charge is 0.328 e. The molecule has 1 N–H and O–H groups in total. The summed E-state index contributed by atoms with van der Waals surface area (Å²) in [6.45, 7) is 3.53. The van der Waals surface area contributed by atoms with E-state index in [0.29, 0.717) is 18.9 Å². The standard InChI is InChI=1S/C21H24N6O2S/c28-20-4-7-26(21(29)24-20)19-11-23-27-8-3-16(10-18(19)27)9-15-1-5-25(6-2-15)12-17-13-30-14-22-17/h3,8,10-11,13-15H,1-2,4-7,9,12H2,(H,24,28,29). The minimum atomic E-state index is -0.376. The minimum Gasteiger partial charge on any atom is -0.297 e. The Bertz CT molecular complexity index is 1050. The number of hydrogen-bond donors (Lipinski definition) is 1. The first kappa shape index (κ1) is 19.2. The van der Waals surface area contributed by atoms with Gasteiger partial charge < -0.3 is 0 Å². The van der Waals surface area contributed by atoms with E-state index in [2.05, 4.69) is 37.8 Å². The summed E-state index contributed by atoms with van der Waals surface area (Å²) in [6.07, 6.45) is 7.35. The van der Waals surface area contributed by atoms with E-state index in [0.717, 1.165) is 37.3 Å². The van der Waals surface area contributed by atoms with E-state index in [4.69, 9.17) is 0 Å². The number of anilines is 1. The lowest BCUT2D eigenvalue weighted by atomic mass is 9.90. The van der Waals surface area contributed by atoms with Crippen molar-refractivity contribution in [2.45, 2.75) is 32.2 Å². The maximum Gasteiger partial charge on any atom is 0.328 e. The van der Waals surface area contributed by atoms with Crippen molar-refractivity contribution in [3.63, 3.8) is 0 Å². The number of carbonyl (C=O) groups is 2. The van der Waals surface area contributed by atoms with Crippen LogP contribution >= 0.6 is 11.3 Å². The molecular weight excluding hydrogens is 400 g/mol. The topological polar surface area (TPSA) is 82.8 Å². The number of aromatic nitrogens is 3. The molecule has 2 saturated heterocycles. The number of nitrogens with one attached hydrogen (secondary N) is 1. The molecular formula is C21H24N6O2S. The van der Waals surface area contributed by atoms with Gasteiger partial charge in [0.25, 0.3) is 0 Å². The first-order valence-corrected chi connectivity index (χ1v) is 11.3. The number of piperidine rings is 1. The molecule has 30 heavy (non-hydrogen) atoms. The van der Waals surface area contributed by atoms with Gasteiger partial charge in [0.05, 0.1) is 28.6 Å². The smallest absolute Gasteiger partial charge is 0.297 e. The molecule has 156 valence electrons. The molecule has 0 atom stereocenters. The Morgan fingerprint density at radius 2 is 2.07 bits per heavy atom. The maximum absolute atomic E-state index is 12.2. The third-order valence-electron chi connectivity index (χ3n) is 6.01. The van der Waals surface area contributed by atoms with Crippen molar-refractivity contribution in [1.82, 2.24) is 24.8 Å². The zero-order valence-electron chi connectivity index (χ0n) is 16.7. The summed E-state index contributed by atoms with van der Waals surface area (Å²) in [7, 11) is 0. The summed E-state index contributed by atoms with van der Waals surface area (Å²) >= 11 is 1.65. The molecule has 0 saturated carbocycles. The van der Waals surface area contributed by atoms with Crippen LogP contribution in [0.15, 0.2) is 35.4 Å². The number of carbonyl (C=O) groups excluding carboxylic acids is 2. The molecule has 9 heteroatoms. The summed E-state index contributed by atoms with van der Waals surface area (Å²) in [5.74, 6) is 0.427. The van der Waals surface area contributed by atoms with Crippen molar-refractivity contribution in [3.8, 4) is 0 Å². The SMILES string of the molecule is O=C1CCN(c2cnn3ccc(CC4CCN(Cc5cscn5)CC4)cc23)C(=O)N1. The van der Waals surface area contributed by atoms with Gasteiger partial charge in [-0.05, 0) is 56.0 Å². The molecule has 5 rings (SSSR count). The molecule has 8 nitrogen and oxygen atoms in total. The van der Waals surface area contributed by atoms with Crippen LogP contribution in [0.1, 0.15) is 30.5 Å². The van der Waals surface area contributed by atoms with Crippen LogP contribution in [0.2, 0.25) is 0 Å². The van der Waals surface area contributed by atoms with E-state index in [1.807, 2.05) is 11.7 Å². The molecule has 2 aliphatic heterocycles. The second kappa shape index (κ2) is 8.16. The average Bonchev–Trinajstić information content (AvgIpc) is 3.39. The Hall–Kier alpha value is -2.78. The number of urea groups is 1. The summed E-state index contributed by atoms with van der Waals surface area (Å²) in [5, 5.41) is 8.89. The van der Waals surface area contributed by atoms with Gasteiger partial charge in [-0.25, -0.2) is 14.3 Å². The minimum absolute atomic E-state index is 0.227. The monoisotopic (exact) mass is 424 g/mol. The van der Waals surface area contributed by atoms with Gasteiger partial charge in [0.1, 0.15) is 0 Å². The highest BCUT2D eigenvalue weighted by molar-refractivity contribution is 7.07. The maximum atomic E-state index is 12.2. The number of fused-ring (bicyclic) bond motifs is 1. The lowest BCUT2D eigenvalue weighted by Gasteiger charge is -2.31. The highest BCUT2D eigenvalue weighted by Crippen LogP contribution is 2.27. The van der Waals surface area contributed by atoms with Gasteiger partial charge in [-0.3, -0.25) is 19.9 Å². The normalized spacial score (nSPS) is 18.9. The quantitative estimate of drug-likeness (QED) is 0.681.